The largest absolute Gasteiger partial charge is 0.311 e. The Morgan fingerprint density at radius 2 is 1.81 bits per heavy atom. The van der Waals surface area contributed by atoms with Crippen molar-refractivity contribution < 1.29 is 4.39 Å². The molecule has 3 heteroatoms. The van der Waals surface area contributed by atoms with Crippen LogP contribution in [0.1, 0.15) is 22.7 Å². The number of hydrogen-bond donors (Lipinski definition) is 1. The number of benzene rings is 2. The van der Waals surface area contributed by atoms with E-state index in [-0.39, 0.29) is 5.82 Å². The molecule has 0 heterocycles. The molecular formula is C18H23FN2. The molecule has 0 aliphatic heterocycles. The first-order valence-electron chi connectivity index (χ1n) is 7.25. The molecule has 2 nitrogen and oxygen atoms in total. The smallest absolute Gasteiger partial charge is 0.126 e. The third-order valence-electron chi connectivity index (χ3n) is 3.71. The zero-order chi connectivity index (χ0) is 15.2. The van der Waals surface area contributed by atoms with Crippen LogP contribution in [0.25, 0.3) is 0 Å². The standard InChI is InChI=1S/C18H23FN2/c1-14-9-10-15(11-17(14)19)12-20-13-18(21(2)3)16-7-5-4-6-8-16/h4-11,18,20H,12-13H2,1-3H3. The fraction of sp³-hybridized carbons (Fsp3) is 0.333. The van der Waals surface area contributed by atoms with Crippen LogP contribution in [-0.2, 0) is 6.54 Å². The first kappa shape index (κ1) is 15.7. The molecule has 2 aromatic rings. The Kier molecular flexibility index (Phi) is 5.48. The van der Waals surface area contributed by atoms with Crippen molar-refractivity contribution in [1.29, 1.82) is 0 Å². The van der Waals surface area contributed by atoms with Gasteiger partial charge in [-0.3, -0.25) is 0 Å². The fourth-order valence-corrected chi connectivity index (χ4v) is 2.37. The van der Waals surface area contributed by atoms with Gasteiger partial charge >= 0.3 is 0 Å². The molecule has 1 unspecified atom stereocenters. The van der Waals surface area contributed by atoms with E-state index in [9.17, 15) is 4.39 Å². The first-order valence-corrected chi connectivity index (χ1v) is 7.25. The Morgan fingerprint density at radius 3 is 2.43 bits per heavy atom. The Balaban J connectivity index is 1.95. The number of rotatable bonds is 6. The van der Waals surface area contributed by atoms with Crippen LogP contribution in [-0.4, -0.2) is 25.5 Å². The number of hydrogen-bond acceptors (Lipinski definition) is 2. The molecule has 21 heavy (non-hydrogen) atoms. The molecule has 0 aliphatic rings. The van der Waals surface area contributed by atoms with Crippen molar-refractivity contribution in [3.05, 3.63) is 71.0 Å². The van der Waals surface area contributed by atoms with Crippen LogP contribution < -0.4 is 5.32 Å². The maximum atomic E-state index is 13.5. The van der Waals surface area contributed by atoms with Crippen LogP contribution in [0.15, 0.2) is 48.5 Å². The van der Waals surface area contributed by atoms with E-state index in [1.807, 2.05) is 18.2 Å². The van der Waals surface area contributed by atoms with Gasteiger partial charge < -0.3 is 10.2 Å². The SMILES string of the molecule is Cc1ccc(CNCC(c2ccccc2)N(C)C)cc1F. The predicted molar refractivity (Wildman–Crippen MR) is 85.7 cm³/mol. The second-order valence-electron chi connectivity index (χ2n) is 5.60. The van der Waals surface area contributed by atoms with Gasteiger partial charge in [0.15, 0.2) is 0 Å². The van der Waals surface area contributed by atoms with Crippen LogP contribution in [0.3, 0.4) is 0 Å². The second kappa shape index (κ2) is 7.34. The highest BCUT2D eigenvalue weighted by Gasteiger charge is 2.13. The highest BCUT2D eigenvalue weighted by molar-refractivity contribution is 5.23. The lowest BCUT2D eigenvalue weighted by Gasteiger charge is -2.25. The fourth-order valence-electron chi connectivity index (χ4n) is 2.37. The molecule has 0 fully saturated rings. The van der Waals surface area contributed by atoms with Gasteiger partial charge in [-0.1, -0.05) is 42.5 Å². The van der Waals surface area contributed by atoms with E-state index in [0.29, 0.717) is 18.2 Å². The van der Waals surface area contributed by atoms with E-state index in [2.05, 4.69) is 48.6 Å². The lowest BCUT2D eigenvalue weighted by molar-refractivity contribution is 0.288. The third kappa shape index (κ3) is 4.38. The monoisotopic (exact) mass is 286 g/mol. The highest BCUT2D eigenvalue weighted by atomic mass is 19.1. The van der Waals surface area contributed by atoms with Crippen molar-refractivity contribution in [1.82, 2.24) is 10.2 Å². The molecular weight excluding hydrogens is 263 g/mol. The molecule has 0 saturated heterocycles. The molecule has 0 amide bonds. The van der Waals surface area contributed by atoms with Crippen LogP contribution in [0.4, 0.5) is 4.39 Å². The molecule has 0 bridgehead atoms. The summed E-state index contributed by atoms with van der Waals surface area (Å²) in [5.41, 5.74) is 2.95. The van der Waals surface area contributed by atoms with Gasteiger partial charge in [0, 0.05) is 19.1 Å². The maximum Gasteiger partial charge on any atom is 0.126 e. The van der Waals surface area contributed by atoms with Crippen molar-refractivity contribution in [3.63, 3.8) is 0 Å². The summed E-state index contributed by atoms with van der Waals surface area (Å²) < 4.78 is 13.5. The topological polar surface area (TPSA) is 15.3 Å². The van der Waals surface area contributed by atoms with Crippen molar-refractivity contribution in [2.45, 2.75) is 19.5 Å². The van der Waals surface area contributed by atoms with Gasteiger partial charge in [0.05, 0.1) is 0 Å². The van der Waals surface area contributed by atoms with E-state index < -0.39 is 0 Å². The minimum atomic E-state index is -0.137. The van der Waals surface area contributed by atoms with E-state index >= 15 is 0 Å². The highest BCUT2D eigenvalue weighted by Crippen LogP contribution is 2.17. The second-order valence-corrected chi connectivity index (χ2v) is 5.60. The van der Waals surface area contributed by atoms with Gasteiger partial charge in [0.2, 0.25) is 0 Å². The number of halogens is 1. The Bertz CT molecular complexity index is 567. The van der Waals surface area contributed by atoms with Gasteiger partial charge in [-0.2, -0.15) is 0 Å². The normalized spacial score (nSPS) is 12.6. The van der Waals surface area contributed by atoms with E-state index in [0.717, 1.165) is 12.1 Å². The summed E-state index contributed by atoms with van der Waals surface area (Å²) in [5.74, 6) is -0.137. The van der Waals surface area contributed by atoms with E-state index in [1.165, 1.54) is 5.56 Å². The van der Waals surface area contributed by atoms with Gasteiger partial charge in [-0.05, 0) is 43.8 Å². The Hall–Kier alpha value is -1.71. The first-order chi connectivity index (χ1) is 10.1. The lowest BCUT2D eigenvalue weighted by atomic mass is 10.1. The van der Waals surface area contributed by atoms with Gasteiger partial charge in [0.1, 0.15) is 5.82 Å². The van der Waals surface area contributed by atoms with Crippen molar-refractivity contribution in [2.24, 2.45) is 0 Å². The summed E-state index contributed by atoms with van der Waals surface area (Å²) >= 11 is 0. The molecule has 0 spiro atoms. The lowest BCUT2D eigenvalue weighted by Crippen LogP contribution is -2.30. The molecule has 1 atom stereocenters. The van der Waals surface area contributed by atoms with Crippen LogP contribution in [0.2, 0.25) is 0 Å². The Morgan fingerprint density at radius 1 is 1.10 bits per heavy atom. The molecule has 112 valence electrons. The zero-order valence-electron chi connectivity index (χ0n) is 12.9. The van der Waals surface area contributed by atoms with Crippen LogP contribution in [0, 0.1) is 12.7 Å². The average molecular weight is 286 g/mol. The van der Waals surface area contributed by atoms with Crippen LogP contribution in [0.5, 0.6) is 0 Å². The minimum absolute atomic E-state index is 0.137. The average Bonchev–Trinajstić information content (AvgIpc) is 2.48. The summed E-state index contributed by atoms with van der Waals surface area (Å²) in [5, 5.41) is 3.42. The predicted octanol–water partition coefficient (Wildman–Crippen LogP) is 3.53. The summed E-state index contributed by atoms with van der Waals surface area (Å²) in [6.07, 6.45) is 0. The van der Waals surface area contributed by atoms with Crippen LogP contribution >= 0.6 is 0 Å². The molecule has 2 aromatic carbocycles. The summed E-state index contributed by atoms with van der Waals surface area (Å²) in [4.78, 5) is 2.19. The molecule has 0 radical (unpaired) electrons. The summed E-state index contributed by atoms with van der Waals surface area (Å²) in [6.45, 7) is 3.28. The molecule has 0 saturated carbocycles. The molecule has 2 rings (SSSR count). The van der Waals surface area contributed by atoms with Gasteiger partial charge in [-0.25, -0.2) is 4.39 Å². The molecule has 1 N–H and O–H groups in total. The van der Waals surface area contributed by atoms with Crippen molar-refractivity contribution in [2.75, 3.05) is 20.6 Å². The van der Waals surface area contributed by atoms with Crippen molar-refractivity contribution in [3.8, 4) is 0 Å². The van der Waals surface area contributed by atoms with E-state index in [4.69, 9.17) is 0 Å². The maximum absolute atomic E-state index is 13.5. The number of nitrogens with zero attached hydrogens (tertiary/aromatic N) is 1. The number of likely N-dealkylation sites (N-methyl/N-ethyl adjacent to an activating group) is 1. The third-order valence-corrected chi connectivity index (χ3v) is 3.71. The van der Waals surface area contributed by atoms with Gasteiger partial charge in [0.25, 0.3) is 0 Å². The molecule has 0 aliphatic carbocycles. The number of nitrogens with one attached hydrogen (secondary N) is 1. The quantitative estimate of drug-likeness (QED) is 0.874. The summed E-state index contributed by atoms with van der Waals surface area (Å²) in [7, 11) is 4.15. The van der Waals surface area contributed by atoms with Gasteiger partial charge in [-0.15, -0.1) is 0 Å². The Labute approximate surface area is 126 Å². The minimum Gasteiger partial charge on any atom is -0.311 e. The number of aryl methyl sites for hydroxylation is 1. The summed E-state index contributed by atoms with van der Waals surface area (Å²) in [6, 6.07) is 16.1. The zero-order valence-corrected chi connectivity index (χ0v) is 12.9. The molecule has 0 aromatic heterocycles. The van der Waals surface area contributed by atoms with Crippen molar-refractivity contribution >= 4 is 0 Å². The van der Waals surface area contributed by atoms with E-state index in [1.54, 1.807) is 13.0 Å².